The van der Waals surface area contributed by atoms with Crippen LogP contribution in [0.25, 0.3) is 0 Å². The lowest BCUT2D eigenvalue weighted by Crippen LogP contribution is -2.37. The number of benzene rings is 2. The van der Waals surface area contributed by atoms with E-state index in [-0.39, 0.29) is 5.91 Å². The summed E-state index contributed by atoms with van der Waals surface area (Å²) >= 11 is 5.99. The Hall–Kier alpha value is -2.08. The van der Waals surface area contributed by atoms with Crippen LogP contribution in [0.15, 0.2) is 42.5 Å². The topological polar surface area (TPSA) is 50.8 Å². The molecular formula is C20H23ClN2O3. The Kier molecular flexibility index (Phi) is 6.50. The number of anilines is 1. The van der Waals surface area contributed by atoms with Crippen molar-refractivity contribution in [2.75, 3.05) is 45.3 Å². The fourth-order valence-corrected chi connectivity index (χ4v) is 3.09. The second-order valence-electron chi connectivity index (χ2n) is 6.20. The molecule has 2 aromatic rings. The molecule has 2 aromatic carbocycles. The predicted molar refractivity (Wildman–Crippen MR) is 103 cm³/mol. The van der Waals surface area contributed by atoms with Crippen molar-refractivity contribution in [1.29, 1.82) is 0 Å². The maximum Gasteiger partial charge on any atom is 0.259 e. The highest BCUT2D eigenvalue weighted by atomic mass is 35.5. The van der Waals surface area contributed by atoms with Gasteiger partial charge in [0.1, 0.15) is 5.75 Å². The highest BCUT2D eigenvalue weighted by Gasteiger charge is 2.13. The lowest BCUT2D eigenvalue weighted by molar-refractivity contribution is 0.0384. The molecule has 6 heteroatoms. The van der Waals surface area contributed by atoms with Gasteiger partial charge in [-0.1, -0.05) is 23.7 Å². The van der Waals surface area contributed by atoms with Crippen molar-refractivity contribution in [3.05, 3.63) is 58.6 Å². The van der Waals surface area contributed by atoms with Crippen molar-refractivity contribution in [1.82, 2.24) is 4.90 Å². The Bertz CT molecular complexity index is 743. The highest BCUT2D eigenvalue weighted by Crippen LogP contribution is 2.24. The van der Waals surface area contributed by atoms with Crippen LogP contribution in [0.5, 0.6) is 5.75 Å². The third kappa shape index (κ3) is 4.97. The summed E-state index contributed by atoms with van der Waals surface area (Å²) in [7, 11) is 1.53. The number of nitrogens with zero attached hydrogens (tertiary/aromatic N) is 1. The molecule has 1 fully saturated rings. The molecule has 3 rings (SSSR count). The van der Waals surface area contributed by atoms with Gasteiger partial charge >= 0.3 is 0 Å². The first kappa shape index (κ1) is 18.7. The van der Waals surface area contributed by atoms with Gasteiger partial charge in [0.15, 0.2) is 0 Å². The standard InChI is InChI=1S/C20H23ClN2O3/c1-25-19-7-4-16(21)14-18(19)20(24)22-17-5-2-15(3-6-17)8-9-23-10-12-26-13-11-23/h2-7,14H,8-13H2,1H3,(H,22,24). The summed E-state index contributed by atoms with van der Waals surface area (Å²) in [5.41, 5.74) is 2.40. The average Bonchev–Trinajstić information content (AvgIpc) is 2.68. The molecular weight excluding hydrogens is 352 g/mol. The summed E-state index contributed by atoms with van der Waals surface area (Å²) in [5.74, 6) is 0.249. The maximum atomic E-state index is 12.5. The zero-order valence-corrected chi connectivity index (χ0v) is 15.6. The second-order valence-corrected chi connectivity index (χ2v) is 6.64. The van der Waals surface area contributed by atoms with Gasteiger partial charge in [-0.05, 0) is 42.3 Å². The molecule has 0 atom stereocenters. The third-order valence-electron chi connectivity index (χ3n) is 4.44. The van der Waals surface area contributed by atoms with Gasteiger partial charge in [-0.25, -0.2) is 0 Å². The number of nitrogens with one attached hydrogen (secondary N) is 1. The quantitative estimate of drug-likeness (QED) is 0.841. The molecule has 0 saturated carbocycles. The Balaban J connectivity index is 1.58. The van der Waals surface area contributed by atoms with E-state index in [1.807, 2.05) is 24.3 Å². The molecule has 26 heavy (non-hydrogen) atoms. The largest absolute Gasteiger partial charge is 0.496 e. The minimum atomic E-state index is -0.245. The fraction of sp³-hybridized carbons (Fsp3) is 0.350. The molecule has 1 heterocycles. The molecule has 0 unspecified atom stereocenters. The minimum Gasteiger partial charge on any atom is -0.496 e. The minimum absolute atomic E-state index is 0.245. The van der Waals surface area contributed by atoms with E-state index in [1.54, 1.807) is 18.2 Å². The van der Waals surface area contributed by atoms with Gasteiger partial charge in [0.2, 0.25) is 0 Å². The molecule has 1 aliphatic rings. The van der Waals surface area contributed by atoms with E-state index in [4.69, 9.17) is 21.1 Å². The van der Waals surface area contributed by atoms with Crippen LogP contribution in [-0.2, 0) is 11.2 Å². The van der Waals surface area contributed by atoms with Crippen LogP contribution in [0.4, 0.5) is 5.69 Å². The SMILES string of the molecule is COc1ccc(Cl)cc1C(=O)Nc1ccc(CCN2CCOCC2)cc1. The van der Waals surface area contributed by atoms with Crippen molar-refractivity contribution < 1.29 is 14.3 Å². The molecule has 0 radical (unpaired) electrons. The van der Waals surface area contributed by atoms with Crippen LogP contribution < -0.4 is 10.1 Å². The normalized spacial score (nSPS) is 14.8. The number of hydrogen-bond acceptors (Lipinski definition) is 4. The van der Waals surface area contributed by atoms with E-state index >= 15 is 0 Å². The summed E-state index contributed by atoms with van der Waals surface area (Å²) in [6, 6.07) is 12.9. The number of carbonyl (C=O) groups is 1. The average molecular weight is 375 g/mol. The van der Waals surface area contributed by atoms with Gasteiger partial charge < -0.3 is 14.8 Å². The summed E-state index contributed by atoms with van der Waals surface area (Å²) < 4.78 is 10.6. The Morgan fingerprint density at radius 2 is 1.92 bits per heavy atom. The summed E-state index contributed by atoms with van der Waals surface area (Å²) in [6.07, 6.45) is 0.982. The number of rotatable bonds is 6. The molecule has 1 N–H and O–H groups in total. The van der Waals surface area contributed by atoms with E-state index in [0.717, 1.165) is 45.0 Å². The molecule has 1 aliphatic heterocycles. The van der Waals surface area contributed by atoms with E-state index in [1.165, 1.54) is 12.7 Å². The van der Waals surface area contributed by atoms with Crippen LogP contribution in [0.3, 0.4) is 0 Å². The summed E-state index contributed by atoms with van der Waals surface area (Å²) in [4.78, 5) is 14.9. The first-order valence-electron chi connectivity index (χ1n) is 8.69. The Labute approximate surface area is 158 Å². The first-order valence-corrected chi connectivity index (χ1v) is 9.07. The highest BCUT2D eigenvalue weighted by molar-refractivity contribution is 6.31. The molecule has 0 aromatic heterocycles. The Morgan fingerprint density at radius 1 is 1.19 bits per heavy atom. The maximum absolute atomic E-state index is 12.5. The predicted octanol–water partition coefficient (Wildman–Crippen LogP) is 3.48. The lowest BCUT2D eigenvalue weighted by Gasteiger charge is -2.26. The van der Waals surface area contributed by atoms with E-state index < -0.39 is 0 Å². The number of ether oxygens (including phenoxy) is 2. The van der Waals surface area contributed by atoms with E-state index in [2.05, 4.69) is 10.2 Å². The molecule has 1 saturated heterocycles. The number of amides is 1. The van der Waals surface area contributed by atoms with E-state index in [0.29, 0.717) is 16.3 Å². The van der Waals surface area contributed by atoms with Crippen LogP contribution >= 0.6 is 11.6 Å². The number of methoxy groups -OCH3 is 1. The van der Waals surface area contributed by atoms with Gasteiger partial charge in [0.25, 0.3) is 5.91 Å². The van der Waals surface area contributed by atoms with Crippen molar-refractivity contribution in [3.8, 4) is 5.75 Å². The molecule has 0 spiro atoms. The van der Waals surface area contributed by atoms with Gasteiger partial charge in [0, 0.05) is 30.3 Å². The monoisotopic (exact) mass is 374 g/mol. The molecule has 0 aliphatic carbocycles. The van der Waals surface area contributed by atoms with E-state index in [9.17, 15) is 4.79 Å². The number of morpholine rings is 1. The van der Waals surface area contributed by atoms with Crippen LogP contribution in [0.1, 0.15) is 15.9 Å². The van der Waals surface area contributed by atoms with Gasteiger partial charge in [-0.3, -0.25) is 9.69 Å². The summed E-state index contributed by atoms with van der Waals surface area (Å²) in [5, 5.41) is 3.38. The lowest BCUT2D eigenvalue weighted by atomic mass is 10.1. The van der Waals surface area contributed by atoms with Crippen LogP contribution in [0, 0.1) is 0 Å². The third-order valence-corrected chi connectivity index (χ3v) is 4.67. The second kappa shape index (κ2) is 9.03. The molecule has 5 nitrogen and oxygen atoms in total. The van der Waals surface area contributed by atoms with Gasteiger partial charge in [-0.2, -0.15) is 0 Å². The van der Waals surface area contributed by atoms with Crippen molar-refractivity contribution in [2.24, 2.45) is 0 Å². The first-order chi connectivity index (χ1) is 12.7. The molecule has 0 bridgehead atoms. The van der Waals surface area contributed by atoms with Crippen LogP contribution in [-0.4, -0.2) is 50.8 Å². The zero-order chi connectivity index (χ0) is 18.4. The zero-order valence-electron chi connectivity index (χ0n) is 14.8. The summed E-state index contributed by atoms with van der Waals surface area (Å²) in [6.45, 7) is 4.65. The smallest absolute Gasteiger partial charge is 0.259 e. The van der Waals surface area contributed by atoms with Gasteiger partial charge in [-0.15, -0.1) is 0 Å². The number of hydrogen-bond donors (Lipinski definition) is 1. The van der Waals surface area contributed by atoms with Crippen molar-refractivity contribution in [3.63, 3.8) is 0 Å². The van der Waals surface area contributed by atoms with Crippen molar-refractivity contribution in [2.45, 2.75) is 6.42 Å². The van der Waals surface area contributed by atoms with Gasteiger partial charge in [0.05, 0.1) is 25.9 Å². The molecule has 138 valence electrons. The fourth-order valence-electron chi connectivity index (χ4n) is 2.92. The number of carbonyl (C=O) groups excluding carboxylic acids is 1. The van der Waals surface area contributed by atoms with Crippen molar-refractivity contribution >= 4 is 23.2 Å². The van der Waals surface area contributed by atoms with Crippen LogP contribution in [0.2, 0.25) is 5.02 Å². The Morgan fingerprint density at radius 3 is 2.62 bits per heavy atom. The molecule has 1 amide bonds. The number of halogens is 1.